The van der Waals surface area contributed by atoms with Crippen molar-refractivity contribution in [3.63, 3.8) is 0 Å². The van der Waals surface area contributed by atoms with Gasteiger partial charge in [-0.1, -0.05) is 41.9 Å². The van der Waals surface area contributed by atoms with E-state index in [2.05, 4.69) is 5.32 Å². The van der Waals surface area contributed by atoms with Crippen LogP contribution in [0.1, 0.15) is 24.0 Å². The molecule has 2 aromatic carbocycles. The van der Waals surface area contributed by atoms with Crippen molar-refractivity contribution in [1.29, 1.82) is 0 Å². The molecule has 0 saturated heterocycles. The number of rotatable bonds is 8. The molecule has 2 N–H and O–H groups in total. The van der Waals surface area contributed by atoms with E-state index in [1.807, 2.05) is 30.3 Å². The lowest BCUT2D eigenvalue weighted by molar-refractivity contribution is -0.139. The summed E-state index contributed by atoms with van der Waals surface area (Å²) in [7, 11) is 0. The van der Waals surface area contributed by atoms with Crippen molar-refractivity contribution >= 4 is 23.5 Å². The third-order valence-corrected chi connectivity index (χ3v) is 4.90. The van der Waals surface area contributed by atoms with Gasteiger partial charge in [-0.15, -0.1) is 0 Å². The van der Waals surface area contributed by atoms with Gasteiger partial charge in [0.2, 0.25) is 5.91 Å². The highest BCUT2D eigenvalue weighted by molar-refractivity contribution is 6.31. The molecule has 0 radical (unpaired) electrons. The highest BCUT2D eigenvalue weighted by Crippen LogP contribution is 2.49. The topological polar surface area (TPSA) is 75.6 Å². The lowest BCUT2D eigenvalue weighted by Gasteiger charge is -2.16. The minimum Gasteiger partial charge on any atom is -0.482 e. The van der Waals surface area contributed by atoms with Gasteiger partial charge in [-0.2, -0.15) is 0 Å². The first-order chi connectivity index (χ1) is 12.5. The number of carboxylic acids is 1. The van der Waals surface area contributed by atoms with Crippen LogP contribution in [0.4, 0.5) is 0 Å². The summed E-state index contributed by atoms with van der Waals surface area (Å²) in [5.41, 5.74) is 1.48. The van der Waals surface area contributed by atoms with Crippen molar-refractivity contribution in [1.82, 2.24) is 5.32 Å². The maximum absolute atomic E-state index is 12.7. The number of carbonyl (C=O) groups is 2. The number of hydrogen-bond donors (Lipinski definition) is 2. The van der Waals surface area contributed by atoms with E-state index in [1.165, 1.54) is 0 Å². The fraction of sp³-hybridized carbons (Fsp3) is 0.300. The molecule has 1 aliphatic carbocycles. The van der Waals surface area contributed by atoms with Gasteiger partial charge >= 0.3 is 5.97 Å². The number of carbonyl (C=O) groups excluding carboxylic acids is 1. The van der Waals surface area contributed by atoms with Gasteiger partial charge in [0.1, 0.15) is 5.75 Å². The van der Waals surface area contributed by atoms with Crippen molar-refractivity contribution in [3.05, 3.63) is 64.7 Å². The number of carboxylic acid groups (broad SMARTS) is 1. The molecule has 0 unspecified atom stereocenters. The molecule has 1 aliphatic rings. The molecule has 6 heteroatoms. The van der Waals surface area contributed by atoms with Crippen molar-refractivity contribution in [3.8, 4) is 5.75 Å². The van der Waals surface area contributed by atoms with E-state index in [0.717, 1.165) is 24.0 Å². The van der Waals surface area contributed by atoms with Crippen LogP contribution in [0, 0.1) is 5.41 Å². The molecule has 26 heavy (non-hydrogen) atoms. The molecule has 136 valence electrons. The summed E-state index contributed by atoms with van der Waals surface area (Å²) >= 11 is 6.22. The quantitative estimate of drug-likeness (QED) is 0.743. The van der Waals surface area contributed by atoms with Crippen LogP contribution >= 0.6 is 11.6 Å². The second-order valence-electron chi connectivity index (χ2n) is 6.56. The monoisotopic (exact) mass is 373 g/mol. The first-order valence-corrected chi connectivity index (χ1v) is 8.82. The Balaban J connectivity index is 1.58. The summed E-state index contributed by atoms with van der Waals surface area (Å²) in [5, 5.41) is 12.3. The van der Waals surface area contributed by atoms with E-state index < -0.39 is 12.6 Å². The van der Waals surface area contributed by atoms with Crippen LogP contribution in [0.15, 0.2) is 48.5 Å². The maximum Gasteiger partial charge on any atom is 0.341 e. The Morgan fingerprint density at radius 1 is 1.15 bits per heavy atom. The number of halogens is 1. The molecule has 1 saturated carbocycles. The van der Waals surface area contributed by atoms with E-state index in [-0.39, 0.29) is 11.3 Å². The van der Waals surface area contributed by atoms with E-state index in [4.69, 9.17) is 21.4 Å². The first-order valence-electron chi connectivity index (χ1n) is 8.44. The first kappa shape index (κ1) is 18.3. The molecule has 0 bridgehead atoms. The second-order valence-corrected chi connectivity index (χ2v) is 6.97. The largest absolute Gasteiger partial charge is 0.482 e. The zero-order valence-corrected chi connectivity index (χ0v) is 15.0. The average molecular weight is 374 g/mol. The van der Waals surface area contributed by atoms with Crippen LogP contribution in [0.25, 0.3) is 0 Å². The number of hydrogen-bond acceptors (Lipinski definition) is 3. The molecule has 1 amide bonds. The molecule has 0 aromatic heterocycles. The number of nitrogens with one attached hydrogen (secondary N) is 1. The predicted octanol–water partition coefficient (Wildman–Crippen LogP) is 3.44. The number of aliphatic carboxylic acids is 1. The molecule has 0 spiro atoms. The van der Waals surface area contributed by atoms with Gasteiger partial charge in [-0.3, -0.25) is 4.79 Å². The van der Waals surface area contributed by atoms with Crippen molar-refractivity contribution in [2.75, 3.05) is 6.61 Å². The van der Waals surface area contributed by atoms with Gasteiger partial charge in [0.25, 0.3) is 0 Å². The van der Waals surface area contributed by atoms with Crippen LogP contribution < -0.4 is 10.1 Å². The van der Waals surface area contributed by atoms with Gasteiger partial charge in [0.05, 0.1) is 5.41 Å². The van der Waals surface area contributed by atoms with E-state index in [0.29, 0.717) is 23.7 Å². The Morgan fingerprint density at radius 2 is 1.92 bits per heavy atom. The lowest BCUT2D eigenvalue weighted by atomic mass is 9.95. The third-order valence-electron chi connectivity index (χ3n) is 4.54. The number of ether oxygens (including phenoxy) is 1. The molecule has 0 aliphatic heterocycles. The molecule has 2 aromatic rings. The van der Waals surface area contributed by atoms with Gasteiger partial charge in [0.15, 0.2) is 6.61 Å². The molecule has 3 rings (SSSR count). The second kappa shape index (κ2) is 7.79. The summed E-state index contributed by atoms with van der Waals surface area (Å²) in [4.78, 5) is 23.2. The fourth-order valence-electron chi connectivity index (χ4n) is 2.90. The Kier molecular flexibility index (Phi) is 5.47. The van der Waals surface area contributed by atoms with Gasteiger partial charge in [0, 0.05) is 11.6 Å². The average Bonchev–Trinajstić information content (AvgIpc) is 3.41. The maximum atomic E-state index is 12.7. The van der Waals surface area contributed by atoms with Crippen molar-refractivity contribution in [2.24, 2.45) is 5.41 Å². The van der Waals surface area contributed by atoms with Gasteiger partial charge in [-0.05, 0) is 48.6 Å². The third kappa shape index (κ3) is 4.55. The van der Waals surface area contributed by atoms with Crippen LogP contribution in [0.5, 0.6) is 5.75 Å². The SMILES string of the molecule is O=C(O)COc1cccc(CNC(=O)C2(Cc3ccccc3Cl)CC2)c1. The molecule has 5 nitrogen and oxygen atoms in total. The van der Waals surface area contributed by atoms with Crippen LogP contribution in [0.3, 0.4) is 0 Å². The van der Waals surface area contributed by atoms with E-state index in [9.17, 15) is 9.59 Å². The zero-order chi connectivity index (χ0) is 18.6. The summed E-state index contributed by atoms with van der Waals surface area (Å²) in [6.07, 6.45) is 2.35. The normalized spacial score (nSPS) is 14.5. The minimum absolute atomic E-state index is 0.0225. The van der Waals surface area contributed by atoms with Gasteiger partial charge < -0.3 is 15.2 Å². The summed E-state index contributed by atoms with van der Waals surface area (Å²) in [6.45, 7) is -0.0237. The van der Waals surface area contributed by atoms with Crippen LogP contribution in [-0.2, 0) is 22.6 Å². The molecule has 0 atom stereocenters. The summed E-state index contributed by atoms with van der Waals surface area (Å²) in [5.74, 6) is -0.537. The Labute approximate surface area is 156 Å². The van der Waals surface area contributed by atoms with Crippen molar-refractivity contribution in [2.45, 2.75) is 25.8 Å². The molecular formula is C20H20ClNO4. The highest BCUT2D eigenvalue weighted by atomic mass is 35.5. The minimum atomic E-state index is -1.03. The lowest BCUT2D eigenvalue weighted by Crippen LogP contribution is -2.33. The standard InChI is InChI=1S/C20H20ClNO4/c21-17-7-2-1-5-15(17)11-20(8-9-20)19(25)22-12-14-4-3-6-16(10-14)26-13-18(23)24/h1-7,10H,8-9,11-13H2,(H,22,25)(H,23,24). The Bertz CT molecular complexity index is 817. The number of benzene rings is 2. The highest BCUT2D eigenvalue weighted by Gasteiger charge is 2.49. The number of amides is 1. The Morgan fingerprint density at radius 3 is 2.62 bits per heavy atom. The van der Waals surface area contributed by atoms with Gasteiger partial charge in [-0.25, -0.2) is 4.79 Å². The van der Waals surface area contributed by atoms with E-state index >= 15 is 0 Å². The summed E-state index contributed by atoms with van der Waals surface area (Å²) in [6, 6.07) is 14.7. The van der Waals surface area contributed by atoms with Crippen molar-refractivity contribution < 1.29 is 19.4 Å². The molecule has 1 fully saturated rings. The Hall–Kier alpha value is -2.53. The smallest absolute Gasteiger partial charge is 0.341 e. The predicted molar refractivity (Wildman–Crippen MR) is 98.2 cm³/mol. The summed E-state index contributed by atoms with van der Waals surface area (Å²) < 4.78 is 5.16. The van der Waals surface area contributed by atoms with E-state index in [1.54, 1.807) is 18.2 Å². The zero-order valence-electron chi connectivity index (χ0n) is 14.2. The van der Waals surface area contributed by atoms with Crippen LogP contribution in [0.2, 0.25) is 5.02 Å². The van der Waals surface area contributed by atoms with Crippen LogP contribution in [-0.4, -0.2) is 23.6 Å². The molecular weight excluding hydrogens is 354 g/mol. The molecule has 0 heterocycles. The fourth-order valence-corrected chi connectivity index (χ4v) is 3.10.